The van der Waals surface area contributed by atoms with Crippen molar-refractivity contribution in [2.75, 3.05) is 45.3 Å². The molecule has 1 amide bonds. The normalized spacial score (nSPS) is 13.3. The van der Waals surface area contributed by atoms with Gasteiger partial charge >= 0.3 is 0 Å². The van der Waals surface area contributed by atoms with Gasteiger partial charge in [-0.15, -0.1) is 0 Å². The van der Waals surface area contributed by atoms with Crippen LogP contribution >= 0.6 is 11.6 Å². The average Bonchev–Trinajstić information content (AvgIpc) is 2.99. The fourth-order valence-corrected chi connectivity index (χ4v) is 4.97. The number of piperazine rings is 1. The Morgan fingerprint density at radius 1 is 0.897 bits per heavy atom. The van der Waals surface area contributed by atoms with Gasteiger partial charge in [0.15, 0.2) is 5.82 Å². The molecule has 2 heterocycles. The number of amides is 1. The van der Waals surface area contributed by atoms with Crippen LogP contribution in [0.15, 0.2) is 72.8 Å². The number of aromatic nitrogens is 2. The molecule has 0 saturated carbocycles. The van der Waals surface area contributed by atoms with Gasteiger partial charge < -0.3 is 19.3 Å². The van der Waals surface area contributed by atoms with Crippen molar-refractivity contribution in [2.24, 2.45) is 0 Å². The van der Waals surface area contributed by atoms with Crippen molar-refractivity contribution < 1.29 is 14.3 Å². The average molecular weight is 543 g/mol. The van der Waals surface area contributed by atoms with Crippen molar-refractivity contribution in [2.45, 2.75) is 13.3 Å². The summed E-state index contributed by atoms with van der Waals surface area (Å²) in [5.74, 6) is 2.70. The molecule has 1 aromatic heterocycles. The first-order chi connectivity index (χ1) is 19.0. The summed E-state index contributed by atoms with van der Waals surface area (Å²) in [5.41, 5.74) is 4.66. The lowest BCUT2D eigenvalue weighted by molar-refractivity contribution is 0.0743. The maximum atomic E-state index is 13.4. The van der Waals surface area contributed by atoms with E-state index in [2.05, 4.69) is 4.90 Å². The molecule has 5 rings (SSSR count). The lowest BCUT2D eigenvalue weighted by Crippen LogP contribution is -2.49. The molecule has 8 heteroatoms. The first kappa shape index (κ1) is 26.5. The highest BCUT2D eigenvalue weighted by atomic mass is 35.5. The van der Waals surface area contributed by atoms with Gasteiger partial charge in [0.05, 0.1) is 19.8 Å². The van der Waals surface area contributed by atoms with Gasteiger partial charge in [0.1, 0.15) is 17.3 Å². The number of hydrogen-bond acceptors (Lipinski definition) is 6. The van der Waals surface area contributed by atoms with Gasteiger partial charge in [0.25, 0.3) is 5.91 Å². The monoisotopic (exact) mass is 542 g/mol. The molecule has 0 spiro atoms. The minimum Gasteiger partial charge on any atom is -0.497 e. The largest absolute Gasteiger partial charge is 0.497 e. The van der Waals surface area contributed by atoms with E-state index < -0.39 is 0 Å². The van der Waals surface area contributed by atoms with Crippen LogP contribution < -0.4 is 14.4 Å². The number of hydrogen-bond donors (Lipinski definition) is 0. The number of nitrogens with zero attached hydrogens (tertiary/aromatic N) is 4. The van der Waals surface area contributed by atoms with E-state index in [1.54, 1.807) is 32.4 Å². The second-order valence-corrected chi connectivity index (χ2v) is 9.89. The molecule has 1 aliphatic rings. The van der Waals surface area contributed by atoms with Gasteiger partial charge in [-0.2, -0.15) is 0 Å². The number of anilines is 1. The molecule has 0 aliphatic carbocycles. The van der Waals surface area contributed by atoms with Gasteiger partial charge in [-0.25, -0.2) is 9.97 Å². The van der Waals surface area contributed by atoms with E-state index in [0.717, 1.165) is 28.2 Å². The van der Waals surface area contributed by atoms with Crippen molar-refractivity contribution in [3.8, 4) is 22.9 Å². The van der Waals surface area contributed by atoms with Crippen LogP contribution in [-0.2, 0) is 6.42 Å². The smallest absolute Gasteiger partial charge is 0.257 e. The molecule has 1 aliphatic heterocycles. The van der Waals surface area contributed by atoms with Gasteiger partial charge in [-0.1, -0.05) is 54.1 Å². The fourth-order valence-electron chi connectivity index (χ4n) is 4.84. The molecule has 7 nitrogen and oxygen atoms in total. The third-order valence-electron chi connectivity index (χ3n) is 7.02. The molecule has 0 radical (unpaired) electrons. The number of halogens is 1. The van der Waals surface area contributed by atoms with Gasteiger partial charge in [-0.3, -0.25) is 4.79 Å². The number of rotatable bonds is 7. The van der Waals surface area contributed by atoms with E-state index in [-0.39, 0.29) is 5.91 Å². The first-order valence-electron chi connectivity index (χ1n) is 12.9. The molecule has 200 valence electrons. The molecule has 0 atom stereocenters. The molecular weight excluding hydrogens is 512 g/mol. The highest BCUT2D eigenvalue weighted by Gasteiger charge is 2.27. The summed E-state index contributed by atoms with van der Waals surface area (Å²) >= 11 is 6.13. The molecule has 4 aromatic rings. The third kappa shape index (κ3) is 5.83. The maximum absolute atomic E-state index is 13.4. The zero-order chi connectivity index (χ0) is 27.4. The molecule has 0 unspecified atom stereocenters. The fraction of sp³-hybridized carbons (Fsp3) is 0.258. The summed E-state index contributed by atoms with van der Waals surface area (Å²) in [4.78, 5) is 27.5. The van der Waals surface area contributed by atoms with Crippen molar-refractivity contribution in [3.05, 3.63) is 100 Å². The minimum absolute atomic E-state index is 0.0561. The quantitative estimate of drug-likeness (QED) is 0.299. The van der Waals surface area contributed by atoms with Crippen molar-refractivity contribution in [1.29, 1.82) is 0 Å². The van der Waals surface area contributed by atoms with E-state index in [9.17, 15) is 4.79 Å². The number of aryl methyl sites for hydroxylation is 1. The third-order valence-corrected chi connectivity index (χ3v) is 7.28. The maximum Gasteiger partial charge on any atom is 0.257 e. The summed E-state index contributed by atoms with van der Waals surface area (Å²) < 4.78 is 10.8. The van der Waals surface area contributed by atoms with Crippen LogP contribution in [0.5, 0.6) is 11.5 Å². The first-order valence-corrected chi connectivity index (χ1v) is 13.3. The van der Waals surface area contributed by atoms with Crippen molar-refractivity contribution >= 4 is 23.3 Å². The zero-order valence-electron chi connectivity index (χ0n) is 22.4. The SMILES string of the molecule is COc1ccc(C(=O)N2CCN(c3nc(-c4ccccc4)nc(C)c3Cc3ccc(Cl)cc3)CC2)c(OC)c1. The Balaban J connectivity index is 1.42. The second kappa shape index (κ2) is 11.7. The van der Waals surface area contributed by atoms with Gasteiger partial charge in [0.2, 0.25) is 0 Å². The number of carbonyl (C=O) groups is 1. The van der Waals surface area contributed by atoms with E-state index in [1.165, 1.54) is 0 Å². The molecule has 0 N–H and O–H groups in total. The molecular formula is C31H31ClN4O3. The second-order valence-electron chi connectivity index (χ2n) is 9.45. The van der Waals surface area contributed by atoms with Crippen LogP contribution in [-0.4, -0.2) is 61.2 Å². The lowest BCUT2D eigenvalue weighted by atomic mass is 10.0. The summed E-state index contributed by atoms with van der Waals surface area (Å²) in [6.45, 7) is 4.49. The van der Waals surface area contributed by atoms with Crippen LogP contribution in [0.4, 0.5) is 5.82 Å². The molecule has 1 fully saturated rings. The van der Waals surface area contributed by atoms with Crippen LogP contribution in [0.2, 0.25) is 5.02 Å². The summed E-state index contributed by atoms with van der Waals surface area (Å²) in [5, 5.41) is 0.709. The molecule has 0 bridgehead atoms. The van der Waals surface area contributed by atoms with Crippen LogP contribution in [0.25, 0.3) is 11.4 Å². The standard InChI is InChI=1S/C31H31ClN4O3/c1-21-27(19-22-9-11-24(32)12-10-22)30(34-29(33-21)23-7-5-4-6-8-23)35-15-17-36(18-16-35)31(37)26-14-13-25(38-2)20-28(26)39-3/h4-14,20H,15-19H2,1-3H3. The number of carbonyl (C=O) groups excluding carboxylic acids is 1. The number of ether oxygens (including phenoxy) is 2. The van der Waals surface area contributed by atoms with E-state index >= 15 is 0 Å². The summed E-state index contributed by atoms with van der Waals surface area (Å²) in [7, 11) is 3.15. The highest BCUT2D eigenvalue weighted by Crippen LogP contribution is 2.30. The summed E-state index contributed by atoms with van der Waals surface area (Å²) in [6, 6.07) is 23.2. The Labute approximate surface area is 234 Å². The van der Waals surface area contributed by atoms with E-state index in [4.69, 9.17) is 31.0 Å². The van der Waals surface area contributed by atoms with Crippen LogP contribution in [0, 0.1) is 6.92 Å². The van der Waals surface area contributed by atoms with Gasteiger partial charge in [-0.05, 0) is 36.8 Å². The minimum atomic E-state index is -0.0561. The number of benzene rings is 3. The predicted octanol–water partition coefficient (Wildman–Crippen LogP) is 5.68. The Bertz CT molecular complexity index is 1450. The number of methoxy groups -OCH3 is 2. The highest BCUT2D eigenvalue weighted by molar-refractivity contribution is 6.30. The van der Waals surface area contributed by atoms with Crippen molar-refractivity contribution in [3.63, 3.8) is 0 Å². The Hall–Kier alpha value is -4.10. The lowest BCUT2D eigenvalue weighted by Gasteiger charge is -2.36. The Kier molecular flexibility index (Phi) is 7.98. The predicted molar refractivity (Wildman–Crippen MR) is 154 cm³/mol. The zero-order valence-corrected chi connectivity index (χ0v) is 23.1. The Morgan fingerprint density at radius 2 is 1.62 bits per heavy atom. The summed E-state index contributed by atoms with van der Waals surface area (Å²) in [6.07, 6.45) is 0.690. The topological polar surface area (TPSA) is 67.8 Å². The molecule has 39 heavy (non-hydrogen) atoms. The van der Waals surface area contributed by atoms with Crippen LogP contribution in [0.1, 0.15) is 27.2 Å². The van der Waals surface area contributed by atoms with E-state index in [0.29, 0.717) is 60.5 Å². The van der Waals surface area contributed by atoms with Crippen LogP contribution in [0.3, 0.4) is 0 Å². The van der Waals surface area contributed by atoms with E-state index in [1.807, 2.05) is 66.4 Å². The molecule has 1 saturated heterocycles. The Morgan fingerprint density at radius 3 is 2.28 bits per heavy atom. The molecule has 3 aromatic carbocycles. The van der Waals surface area contributed by atoms with Gasteiger partial charge in [0, 0.05) is 60.5 Å². The van der Waals surface area contributed by atoms with Crippen molar-refractivity contribution in [1.82, 2.24) is 14.9 Å².